The number of rotatable bonds is 2. The van der Waals surface area contributed by atoms with Crippen molar-refractivity contribution in [3.63, 3.8) is 0 Å². The van der Waals surface area contributed by atoms with Gasteiger partial charge < -0.3 is 10.3 Å². The van der Waals surface area contributed by atoms with Gasteiger partial charge in [-0.1, -0.05) is 23.7 Å². The third-order valence-corrected chi connectivity index (χ3v) is 2.28. The zero-order valence-corrected chi connectivity index (χ0v) is 8.47. The number of hydrogen-bond acceptors (Lipinski definition) is 2. The molecule has 1 aromatic carbocycles. The summed E-state index contributed by atoms with van der Waals surface area (Å²) in [4.78, 5) is 7.03. The second-order valence-corrected chi connectivity index (χ2v) is 3.40. The largest absolute Gasteiger partial charge is 0.331 e. The van der Waals surface area contributed by atoms with Crippen LogP contribution in [-0.4, -0.2) is 9.97 Å². The number of aryl methyl sites for hydroxylation is 1. The Balaban J connectivity index is 2.33. The Morgan fingerprint density at radius 2 is 2.29 bits per heavy atom. The molecule has 14 heavy (non-hydrogen) atoms. The minimum atomic E-state index is 0.696. The maximum absolute atomic E-state index is 6.04. The highest BCUT2D eigenvalue weighted by Crippen LogP contribution is 2.27. The molecule has 0 aliphatic heterocycles. The fourth-order valence-corrected chi connectivity index (χ4v) is 1.51. The average molecular weight is 208 g/mol. The van der Waals surface area contributed by atoms with Gasteiger partial charge in [0.25, 0.3) is 0 Å². The molecule has 0 amide bonds. The number of anilines is 2. The van der Waals surface area contributed by atoms with E-state index >= 15 is 0 Å². The number of nitrogens with one attached hydrogen (secondary N) is 2. The smallest absolute Gasteiger partial charge is 0.204 e. The van der Waals surface area contributed by atoms with Crippen molar-refractivity contribution in [3.05, 3.63) is 41.2 Å². The van der Waals surface area contributed by atoms with Crippen LogP contribution in [0.4, 0.5) is 11.6 Å². The predicted molar refractivity (Wildman–Crippen MR) is 58.1 cm³/mol. The van der Waals surface area contributed by atoms with E-state index < -0.39 is 0 Å². The molecule has 0 bridgehead atoms. The average Bonchev–Trinajstić information content (AvgIpc) is 2.64. The summed E-state index contributed by atoms with van der Waals surface area (Å²) >= 11 is 6.04. The Morgan fingerprint density at radius 1 is 1.43 bits per heavy atom. The van der Waals surface area contributed by atoms with Crippen LogP contribution in [0.1, 0.15) is 5.56 Å². The molecule has 1 heterocycles. The fraction of sp³-hybridized carbons (Fsp3) is 0.100. The third-order valence-electron chi connectivity index (χ3n) is 1.96. The quantitative estimate of drug-likeness (QED) is 0.795. The van der Waals surface area contributed by atoms with Gasteiger partial charge >= 0.3 is 0 Å². The first-order valence-corrected chi connectivity index (χ1v) is 4.66. The van der Waals surface area contributed by atoms with Crippen molar-refractivity contribution in [2.24, 2.45) is 0 Å². The highest BCUT2D eigenvalue weighted by molar-refractivity contribution is 6.33. The van der Waals surface area contributed by atoms with Crippen molar-refractivity contribution in [1.29, 1.82) is 0 Å². The van der Waals surface area contributed by atoms with Crippen LogP contribution in [0.2, 0.25) is 5.02 Å². The number of H-pyrrole nitrogens is 1. The van der Waals surface area contributed by atoms with Crippen LogP contribution in [-0.2, 0) is 0 Å². The number of benzene rings is 1. The molecule has 0 aliphatic carbocycles. The lowest BCUT2D eigenvalue weighted by Gasteiger charge is -2.08. The Bertz CT molecular complexity index is 403. The number of halogens is 1. The summed E-state index contributed by atoms with van der Waals surface area (Å²) in [5.41, 5.74) is 1.98. The first kappa shape index (κ1) is 9.09. The molecule has 2 N–H and O–H groups in total. The number of imidazole rings is 1. The molecule has 2 rings (SSSR count). The predicted octanol–water partition coefficient (Wildman–Crippen LogP) is 3.12. The van der Waals surface area contributed by atoms with Gasteiger partial charge in [-0.2, -0.15) is 0 Å². The van der Waals surface area contributed by atoms with E-state index in [1.54, 1.807) is 12.4 Å². The molecule has 0 fully saturated rings. The number of para-hydroxylation sites is 1. The zero-order chi connectivity index (χ0) is 9.97. The number of aromatic nitrogens is 2. The van der Waals surface area contributed by atoms with Crippen LogP contribution >= 0.6 is 11.6 Å². The lowest BCUT2D eigenvalue weighted by atomic mass is 10.2. The van der Waals surface area contributed by atoms with Gasteiger partial charge in [-0.05, 0) is 18.6 Å². The highest BCUT2D eigenvalue weighted by Gasteiger charge is 2.04. The summed E-state index contributed by atoms with van der Waals surface area (Å²) in [6.45, 7) is 2.00. The van der Waals surface area contributed by atoms with E-state index in [4.69, 9.17) is 11.6 Å². The first-order valence-electron chi connectivity index (χ1n) is 4.29. The maximum atomic E-state index is 6.04. The van der Waals surface area contributed by atoms with Crippen LogP contribution in [0, 0.1) is 6.92 Å². The molecule has 0 spiro atoms. The van der Waals surface area contributed by atoms with E-state index in [-0.39, 0.29) is 0 Å². The summed E-state index contributed by atoms with van der Waals surface area (Å²) in [5, 5.41) is 3.82. The molecule has 4 heteroatoms. The number of hydrogen-bond donors (Lipinski definition) is 2. The lowest BCUT2D eigenvalue weighted by molar-refractivity contribution is 1.27. The Labute approximate surface area is 87.1 Å². The lowest BCUT2D eigenvalue weighted by Crippen LogP contribution is -1.95. The van der Waals surface area contributed by atoms with Gasteiger partial charge in [-0.15, -0.1) is 0 Å². The molecule has 72 valence electrons. The van der Waals surface area contributed by atoms with E-state index in [2.05, 4.69) is 15.3 Å². The molecule has 0 atom stereocenters. The summed E-state index contributed by atoms with van der Waals surface area (Å²) < 4.78 is 0. The van der Waals surface area contributed by atoms with Crippen molar-refractivity contribution in [3.8, 4) is 0 Å². The summed E-state index contributed by atoms with van der Waals surface area (Å²) in [5.74, 6) is 0.696. The molecular weight excluding hydrogens is 198 g/mol. The van der Waals surface area contributed by atoms with Crippen molar-refractivity contribution in [2.75, 3.05) is 5.32 Å². The first-order chi connectivity index (χ1) is 6.77. The van der Waals surface area contributed by atoms with Crippen LogP contribution in [0.5, 0.6) is 0 Å². The second kappa shape index (κ2) is 3.72. The van der Waals surface area contributed by atoms with Crippen LogP contribution in [0.25, 0.3) is 0 Å². The molecule has 0 saturated carbocycles. The van der Waals surface area contributed by atoms with Gasteiger partial charge in [0.05, 0.1) is 10.7 Å². The standard InChI is InChI=1S/C10H10ClN3/c1-7-3-2-4-8(11)9(7)14-10-12-5-6-13-10/h2-6H,1H3,(H2,12,13,14). The van der Waals surface area contributed by atoms with Gasteiger partial charge in [0, 0.05) is 12.4 Å². The minimum Gasteiger partial charge on any atom is -0.331 e. The SMILES string of the molecule is Cc1cccc(Cl)c1Nc1ncc[nH]1. The number of nitrogens with zero attached hydrogens (tertiary/aromatic N) is 1. The van der Waals surface area contributed by atoms with Crippen molar-refractivity contribution < 1.29 is 0 Å². The Morgan fingerprint density at radius 3 is 2.93 bits per heavy atom. The fourth-order valence-electron chi connectivity index (χ4n) is 1.24. The van der Waals surface area contributed by atoms with Crippen molar-refractivity contribution in [1.82, 2.24) is 9.97 Å². The Hall–Kier alpha value is -1.48. The van der Waals surface area contributed by atoms with Crippen LogP contribution in [0.3, 0.4) is 0 Å². The van der Waals surface area contributed by atoms with Crippen LogP contribution < -0.4 is 5.32 Å². The van der Waals surface area contributed by atoms with E-state index in [1.165, 1.54) is 0 Å². The van der Waals surface area contributed by atoms with Gasteiger partial charge in [0.1, 0.15) is 0 Å². The summed E-state index contributed by atoms with van der Waals surface area (Å²) in [6.07, 6.45) is 3.45. The molecule has 3 nitrogen and oxygen atoms in total. The van der Waals surface area contributed by atoms with Gasteiger partial charge in [-0.25, -0.2) is 4.98 Å². The normalized spacial score (nSPS) is 10.1. The molecule has 0 radical (unpaired) electrons. The monoisotopic (exact) mass is 207 g/mol. The topological polar surface area (TPSA) is 40.7 Å². The van der Waals surface area contributed by atoms with E-state index in [0.29, 0.717) is 11.0 Å². The molecule has 0 unspecified atom stereocenters. The van der Waals surface area contributed by atoms with E-state index in [1.807, 2.05) is 25.1 Å². The highest BCUT2D eigenvalue weighted by atomic mass is 35.5. The number of aromatic amines is 1. The van der Waals surface area contributed by atoms with Gasteiger partial charge in [0.15, 0.2) is 0 Å². The Kier molecular flexibility index (Phi) is 2.41. The van der Waals surface area contributed by atoms with Gasteiger partial charge in [0.2, 0.25) is 5.95 Å². The van der Waals surface area contributed by atoms with Gasteiger partial charge in [-0.3, -0.25) is 0 Å². The summed E-state index contributed by atoms with van der Waals surface area (Å²) in [7, 11) is 0. The molecule has 2 aromatic rings. The van der Waals surface area contributed by atoms with Crippen molar-refractivity contribution in [2.45, 2.75) is 6.92 Å². The van der Waals surface area contributed by atoms with Crippen LogP contribution in [0.15, 0.2) is 30.6 Å². The molecule has 0 saturated heterocycles. The zero-order valence-electron chi connectivity index (χ0n) is 7.71. The van der Waals surface area contributed by atoms with Crippen molar-refractivity contribution >= 4 is 23.2 Å². The summed E-state index contributed by atoms with van der Waals surface area (Å²) in [6, 6.07) is 5.77. The molecular formula is C10H10ClN3. The molecule has 1 aromatic heterocycles. The maximum Gasteiger partial charge on any atom is 0.204 e. The molecule has 0 aliphatic rings. The second-order valence-electron chi connectivity index (χ2n) is 2.99. The third kappa shape index (κ3) is 1.72. The van der Waals surface area contributed by atoms with E-state index in [0.717, 1.165) is 11.3 Å². The van der Waals surface area contributed by atoms with E-state index in [9.17, 15) is 0 Å². The minimum absolute atomic E-state index is 0.696.